The van der Waals surface area contributed by atoms with Crippen molar-refractivity contribution in [3.63, 3.8) is 0 Å². The van der Waals surface area contributed by atoms with E-state index in [1.807, 2.05) is 0 Å². The third-order valence-corrected chi connectivity index (χ3v) is 4.03. The molecule has 1 aliphatic rings. The van der Waals surface area contributed by atoms with Gasteiger partial charge in [-0.15, -0.1) is 0 Å². The van der Waals surface area contributed by atoms with Crippen LogP contribution in [0.25, 0.3) is 6.08 Å². The summed E-state index contributed by atoms with van der Waals surface area (Å²) in [5, 5.41) is 2.63. The number of nitrogens with one attached hydrogen (secondary N) is 1. The maximum atomic E-state index is 12.2. The van der Waals surface area contributed by atoms with Crippen LogP contribution in [0.3, 0.4) is 0 Å². The quantitative estimate of drug-likeness (QED) is 0.469. The molecule has 0 aromatic heterocycles. The van der Waals surface area contributed by atoms with Crippen LogP contribution in [0.15, 0.2) is 48.5 Å². The zero-order valence-corrected chi connectivity index (χ0v) is 15.4. The molecule has 0 bridgehead atoms. The number of carbonyl (C=O) groups excluding carboxylic acids is 3. The monoisotopic (exact) mass is 381 g/mol. The molecule has 1 amide bonds. The third kappa shape index (κ3) is 4.76. The molecule has 1 heterocycles. The average molecular weight is 381 g/mol. The van der Waals surface area contributed by atoms with Crippen LogP contribution in [0.4, 0.5) is 5.69 Å². The van der Waals surface area contributed by atoms with Gasteiger partial charge in [0.1, 0.15) is 0 Å². The Labute approximate surface area is 161 Å². The predicted octanol–water partition coefficient (Wildman–Crippen LogP) is 3.20. The fraction of sp³-hybridized carbons (Fsp3) is 0.190. The Morgan fingerprint density at radius 1 is 1.07 bits per heavy atom. The number of fused-ring (bicyclic) bond motifs is 1. The van der Waals surface area contributed by atoms with E-state index in [-0.39, 0.29) is 12.6 Å². The minimum atomic E-state index is -0.985. The SMILES string of the molecule is CC(=O)c1ccc(NC(=O)[C@@H](C)OC(=O)/C=C/c2ccc3c(c2)OCO3)cc1. The van der Waals surface area contributed by atoms with Gasteiger partial charge in [-0.2, -0.15) is 0 Å². The van der Waals surface area contributed by atoms with Crippen molar-refractivity contribution in [1.82, 2.24) is 0 Å². The van der Waals surface area contributed by atoms with Crippen molar-refractivity contribution in [2.45, 2.75) is 20.0 Å². The summed E-state index contributed by atoms with van der Waals surface area (Å²) in [4.78, 5) is 35.4. The number of ether oxygens (including phenoxy) is 3. The number of hydrogen-bond donors (Lipinski definition) is 1. The summed E-state index contributed by atoms with van der Waals surface area (Å²) >= 11 is 0. The lowest BCUT2D eigenvalue weighted by Crippen LogP contribution is -2.29. The highest BCUT2D eigenvalue weighted by atomic mass is 16.7. The summed E-state index contributed by atoms with van der Waals surface area (Å²) < 4.78 is 15.6. The summed E-state index contributed by atoms with van der Waals surface area (Å²) in [6, 6.07) is 11.7. The van der Waals surface area contributed by atoms with E-state index in [4.69, 9.17) is 14.2 Å². The van der Waals surface area contributed by atoms with Crippen LogP contribution in [-0.2, 0) is 14.3 Å². The first-order valence-electron chi connectivity index (χ1n) is 8.62. The van der Waals surface area contributed by atoms with Gasteiger partial charge in [-0.25, -0.2) is 4.79 Å². The maximum absolute atomic E-state index is 12.2. The molecule has 7 nitrogen and oxygen atoms in total. The van der Waals surface area contributed by atoms with Crippen molar-refractivity contribution in [1.29, 1.82) is 0 Å². The van der Waals surface area contributed by atoms with E-state index in [0.29, 0.717) is 22.7 Å². The van der Waals surface area contributed by atoms with E-state index >= 15 is 0 Å². The molecule has 0 unspecified atom stereocenters. The van der Waals surface area contributed by atoms with Crippen LogP contribution >= 0.6 is 0 Å². The first-order chi connectivity index (χ1) is 13.4. The second-order valence-electron chi connectivity index (χ2n) is 6.15. The van der Waals surface area contributed by atoms with E-state index < -0.39 is 18.0 Å². The second kappa shape index (κ2) is 8.39. The van der Waals surface area contributed by atoms with Crippen molar-refractivity contribution in [2.75, 3.05) is 12.1 Å². The molecule has 1 aliphatic heterocycles. The van der Waals surface area contributed by atoms with Crippen LogP contribution in [0, 0.1) is 0 Å². The first kappa shape index (κ1) is 19.2. The molecule has 0 spiro atoms. The molecule has 144 valence electrons. The van der Waals surface area contributed by atoms with Gasteiger partial charge in [0, 0.05) is 17.3 Å². The highest BCUT2D eigenvalue weighted by molar-refractivity contribution is 5.98. The second-order valence-corrected chi connectivity index (χ2v) is 6.15. The van der Waals surface area contributed by atoms with Crippen LogP contribution in [-0.4, -0.2) is 30.6 Å². The molecule has 2 aromatic rings. The molecule has 0 radical (unpaired) electrons. The van der Waals surface area contributed by atoms with E-state index in [0.717, 1.165) is 5.56 Å². The van der Waals surface area contributed by atoms with Gasteiger partial charge in [0.15, 0.2) is 23.4 Å². The smallest absolute Gasteiger partial charge is 0.331 e. The molecule has 0 aliphatic carbocycles. The predicted molar refractivity (Wildman–Crippen MR) is 102 cm³/mol. The van der Waals surface area contributed by atoms with E-state index in [1.54, 1.807) is 48.5 Å². The molecule has 7 heteroatoms. The molecule has 1 N–H and O–H groups in total. The van der Waals surface area contributed by atoms with E-state index in [9.17, 15) is 14.4 Å². The van der Waals surface area contributed by atoms with Crippen molar-refractivity contribution >= 4 is 29.4 Å². The molecule has 1 atom stereocenters. The first-order valence-corrected chi connectivity index (χ1v) is 8.62. The Morgan fingerprint density at radius 2 is 1.79 bits per heavy atom. The number of benzene rings is 2. The Kier molecular flexibility index (Phi) is 5.74. The number of esters is 1. The van der Waals surface area contributed by atoms with Crippen molar-refractivity contribution < 1.29 is 28.6 Å². The molecular weight excluding hydrogens is 362 g/mol. The lowest BCUT2D eigenvalue weighted by Gasteiger charge is -2.12. The zero-order valence-electron chi connectivity index (χ0n) is 15.4. The van der Waals surface area contributed by atoms with E-state index in [2.05, 4.69) is 5.32 Å². The number of amides is 1. The van der Waals surface area contributed by atoms with Gasteiger partial charge in [-0.05, 0) is 61.9 Å². The average Bonchev–Trinajstić information content (AvgIpc) is 3.14. The summed E-state index contributed by atoms with van der Waals surface area (Å²) in [5.41, 5.74) is 1.80. The van der Waals surface area contributed by atoms with Crippen molar-refractivity contribution in [3.8, 4) is 11.5 Å². The Balaban J connectivity index is 1.53. The van der Waals surface area contributed by atoms with Gasteiger partial charge in [0.25, 0.3) is 5.91 Å². The molecule has 28 heavy (non-hydrogen) atoms. The Morgan fingerprint density at radius 3 is 2.50 bits per heavy atom. The van der Waals surface area contributed by atoms with Gasteiger partial charge in [-0.3, -0.25) is 9.59 Å². The number of rotatable bonds is 6. The van der Waals surface area contributed by atoms with Crippen LogP contribution < -0.4 is 14.8 Å². The number of Topliss-reactive ketones (excluding diaryl/α,β-unsaturated/α-hetero) is 1. The van der Waals surface area contributed by atoms with Crippen molar-refractivity contribution in [3.05, 3.63) is 59.7 Å². The number of hydrogen-bond acceptors (Lipinski definition) is 6. The lowest BCUT2D eigenvalue weighted by atomic mass is 10.1. The van der Waals surface area contributed by atoms with Crippen LogP contribution in [0.5, 0.6) is 11.5 Å². The number of carbonyl (C=O) groups is 3. The third-order valence-electron chi connectivity index (χ3n) is 4.03. The molecule has 0 fully saturated rings. The minimum Gasteiger partial charge on any atom is -0.454 e. The van der Waals surface area contributed by atoms with Crippen LogP contribution in [0.1, 0.15) is 29.8 Å². The number of ketones is 1. The van der Waals surface area contributed by atoms with Gasteiger partial charge in [0.05, 0.1) is 0 Å². The van der Waals surface area contributed by atoms with Gasteiger partial charge >= 0.3 is 5.97 Å². The number of anilines is 1. The summed E-state index contributed by atoms with van der Waals surface area (Å²) in [5.74, 6) is 0.0856. The van der Waals surface area contributed by atoms with Gasteiger partial charge < -0.3 is 19.5 Å². The molecular formula is C21H19NO6. The Bertz CT molecular complexity index is 932. The normalized spacial score (nSPS) is 13.2. The highest BCUT2D eigenvalue weighted by Gasteiger charge is 2.17. The minimum absolute atomic E-state index is 0.0607. The molecule has 0 saturated heterocycles. The highest BCUT2D eigenvalue weighted by Crippen LogP contribution is 2.32. The maximum Gasteiger partial charge on any atom is 0.331 e. The fourth-order valence-electron chi connectivity index (χ4n) is 2.48. The Hall–Kier alpha value is -3.61. The standard InChI is InChI=1S/C21H19NO6/c1-13(23)16-5-7-17(8-6-16)22-21(25)14(2)28-20(24)10-4-15-3-9-18-19(11-15)27-12-26-18/h3-11,14H,12H2,1-2H3,(H,22,25)/b10-4+/t14-/m1/s1. The van der Waals surface area contributed by atoms with E-state index in [1.165, 1.54) is 19.9 Å². The summed E-state index contributed by atoms with van der Waals surface area (Å²) in [6.45, 7) is 3.12. The lowest BCUT2D eigenvalue weighted by molar-refractivity contribution is -0.148. The van der Waals surface area contributed by atoms with Gasteiger partial charge in [0.2, 0.25) is 6.79 Å². The molecule has 3 rings (SSSR count). The topological polar surface area (TPSA) is 90.9 Å². The zero-order chi connectivity index (χ0) is 20.1. The van der Waals surface area contributed by atoms with Gasteiger partial charge in [-0.1, -0.05) is 6.07 Å². The van der Waals surface area contributed by atoms with Crippen LogP contribution in [0.2, 0.25) is 0 Å². The summed E-state index contributed by atoms with van der Waals surface area (Å²) in [7, 11) is 0. The molecule has 2 aromatic carbocycles. The fourth-order valence-corrected chi connectivity index (χ4v) is 2.48. The summed E-state index contributed by atoms with van der Waals surface area (Å²) in [6.07, 6.45) is 1.82. The van der Waals surface area contributed by atoms with Crippen molar-refractivity contribution in [2.24, 2.45) is 0 Å². The molecule has 0 saturated carbocycles. The largest absolute Gasteiger partial charge is 0.454 e.